The van der Waals surface area contributed by atoms with Crippen LogP contribution in [-0.4, -0.2) is 21.0 Å². The van der Waals surface area contributed by atoms with E-state index >= 15 is 0 Å². The van der Waals surface area contributed by atoms with Crippen LogP contribution in [0.15, 0.2) is 66.7 Å². The van der Waals surface area contributed by atoms with E-state index in [0.717, 1.165) is 48.1 Å². The van der Waals surface area contributed by atoms with Gasteiger partial charge in [0.05, 0.1) is 11.2 Å². The Morgan fingerprint density at radius 2 is 1.53 bits per heavy atom. The monoisotopic (exact) mass is 425 g/mol. The number of nitrogens with two attached hydrogens (primary N) is 1. The Morgan fingerprint density at radius 1 is 0.906 bits per heavy atom. The zero-order valence-electron chi connectivity index (χ0n) is 17.9. The molecular formula is C27H27N3O2. The van der Waals surface area contributed by atoms with Gasteiger partial charge in [-0.3, -0.25) is 4.79 Å². The Morgan fingerprint density at radius 3 is 2.16 bits per heavy atom. The van der Waals surface area contributed by atoms with E-state index in [1.54, 1.807) is 0 Å². The first kappa shape index (κ1) is 20.3. The van der Waals surface area contributed by atoms with Gasteiger partial charge >= 0.3 is 5.97 Å². The van der Waals surface area contributed by atoms with E-state index in [0.29, 0.717) is 23.9 Å². The molecule has 162 valence electrons. The summed E-state index contributed by atoms with van der Waals surface area (Å²) in [5, 5.41) is 9.00. The van der Waals surface area contributed by atoms with Gasteiger partial charge in [-0.1, -0.05) is 54.6 Å². The first-order valence-corrected chi connectivity index (χ1v) is 11.2. The highest BCUT2D eigenvalue weighted by Gasteiger charge is 2.23. The molecule has 4 N–H and O–H groups in total. The Bertz CT molecular complexity index is 1230. The van der Waals surface area contributed by atoms with E-state index in [2.05, 4.69) is 58.5 Å². The molecule has 1 aromatic heterocycles. The molecule has 1 aliphatic carbocycles. The highest BCUT2D eigenvalue weighted by molar-refractivity contribution is 5.89. The minimum atomic E-state index is -0.673. The van der Waals surface area contributed by atoms with Crippen LogP contribution < -0.4 is 5.73 Å². The molecule has 0 unspecified atom stereocenters. The minimum absolute atomic E-state index is 0.309. The molecule has 4 aromatic rings. The fraction of sp³-hybridized carbons (Fsp3) is 0.259. The largest absolute Gasteiger partial charge is 0.481 e. The number of aliphatic carboxylic acids is 1. The summed E-state index contributed by atoms with van der Waals surface area (Å²) in [5.74, 6) is 1.02. The second-order valence-corrected chi connectivity index (χ2v) is 8.84. The average Bonchev–Trinajstić information content (AvgIpc) is 3.25. The number of H-pyrrole nitrogens is 1. The van der Waals surface area contributed by atoms with Crippen LogP contribution in [-0.2, 0) is 4.79 Å². The number of aromatic amines is 1. The van der Waals surface area contributed by atoms with Crippen LogP contribution in [0.4, 0.5) is 5.69 Å². The predicted molar refractivity (Wildman–Crippen MR) is 128 cm³/mol. The van der Waals surface area contributed by atoms with Crippen molar-refractivity contribution in [3.8, 4) is 22.5 Å². The number of carboxylic acids is 1. The molecule has 1 saturated carbocycles. The van der Waals surface area contributed by atoms with Gasteiger partial charge in [-0.25, -0.2) is 4.98 Å². The SMILES string of the molecule is Nc1cccc2[nH]c(-c3ccc(-c4ccc(C5CCC(CC(=O)O)CC5)cc4)cc3)nc12. The molecule has 5 rings (SSSR count). The molecular weight excluding hydrogens is 398 g/mol. The summed E-state index contributed by atoms with van der Waals surface area (Å²) in [6.45, 7) is 0. The number of hydrogen-bond donors (Lipinski definition) is 3. The lowest BCUT2D eigenvalue weighted by Crippen LogP contribution is -2.16. The Hall–Kier alpha value is -3.60. The van der Waals surface area contributed by atoms with Gasteiger partial charge in [0.1, 0.15) is 11.3 Å². The van der Waals surface area contributed by atoms with Crippen molar-refractivity contribution >= 4 is 22.7 Å². The van der Waals surface area contributed by atoms with Crippen molar-refractivity contribution in [2.75, 3.05) is 5.73 Å². The van der Waals surface area contributed by atoms with Crippen molar-refractivity contribution in [3.05, 3.63) is 72.3 Å². The number of rotatable bonds is 5. The number of nitrogens with zero attached hydrogens (tertiary/aromatic N) is 1. The maximum absolute atomic E-state index is 10.9. The van der Waals surface area contributed by atoms with Gasteiger partial charge in [0.15, 0.2) is 0 Å². The van der Waals surface area contributed by atoms with Gasteiger partial charge in [-0.15, -0.1) is 0 Å². The molecule has 1 heterocycles. The van der Waals surface area contributed by atoms with Crippen LogP contribution in [0.1, 0.15) is 43.6 Å². The van der Waals surface area contributed by atoms with Crippen LogP contribution in [0, 0.1) is 5.92 Å². The quantitative estimate of drug-likeness (QED) is 0.331. The van der Waals surface area contributed by atoms with Crippen LogP contribution in [0.5, 0.6) is 0 Å². The van der Waals surface area contributed by atoms with Gasteiger partial charge in [0.2, 0.25) is 0 Å². The lowest BCUT2D eigenvalue weighted by molar-refractivity contribution is -0.138. The third-order valence-electron chi connectivity index (χ3n) is 6.73. The Balaban J connectivity index is 1.28. The normalized spacial score (nSPS) is 18.6. The van der Waals surface area contributed by atoms with Crippen molar-refractivity contribution < 1.29 is 9.90 Å². The minimum Gasteiger partial charge on any atom is -0.481 e. The maximum atomic E-state index is 10.9. The molecule has 0 aliphatic heterocycles. The summed E-state index contributed by atoms with van der Waals surface area (Å²) >= 11 is 0. The molecule has 32 heavy (non-hydrogen) atoms. The fourth-order valence-corrected chi connectivity index (χ4v) is 4.91. The molecule has 0 radical (unpaired) electrons. The van der Waals surface area contributed by atoms with E-state index < -0.39 is 5.97 Å². The number of anilines is 1. The number of para-hydroxylation sites is 1. The van der Waals surface area contributed by atoms with E-state index in [4.69, 9.17) is 10.8 Å². The predicted octanol–water partition coefficient (Wildman–Crippen LogP) is 6.23. The molecule has 0 bridgehead atoms. The number of carboxylic acid groups (broad SMARTS) is 1. The first-order chi connectivity index (χ1) is 15.6. The zero-order valence-corrected chi connectivity index (χ0v) is 17.9. The number of nitrogen functional groups attached to an aromatic ring is 1. The van der Waals surface area contributed by atoms with Gasteiger partial charge in [-0.2, -0.15) is 0 Å². The number of benzene rings is 3. The third-order valence-corrected chi connectivity index (χ3v) is 6.73. The highest BCUT2D eigenvalue weighted by Crippen LogP contribution is 2.37. The Kier molecular flexibility index (Phi) is 5.39. The number of fused-ring (bicyclic) bond motifs is 1. The summed E-state index contributed by atoms with van der Waals surface area (Å²) in [6.07, 6.45) is 4.48. The number of nitrogens with one attached hydrogen (secondary N) is 1. The molecule has 1 aliphatic rings. The summed E-state index contributed by atoms with van der Waals surface area (Å²) in [5.41, 5.74) is 13.2. The van der Waals surface area contributed by atoms with Crippen molar-refractivity contribution in [1.82, 2.24) is 9.97 Å². The smallest absolute Gasteiger partial charge is 0.303 e. The van der Waals surface area contributed by atoms with Gasteiger partial charge in [0.25, 0.3) is 0 Å². The second-order valence-electron chi connectivity index (χ2n) is 8.84. The van der Waals surface area contributed by atoms with Crippen molar-refractivity contribution in [1.29, 1.82) is 0 Å². The topological polar surface area (TPSA) is 92.0 Å². The summed E-state index contributed by atoms with van der Waals surface area (Å²) in [6, 6.07) is 23.0. The van der Waals surface area contributed by atoms with E-state index in [1.165, 1.54) is 16.7 Å². The lowest BCUT2D eigenvalue weighted by Gasteiger charge is -2.28. The van der Waals surface area contributed by atoms with Gasteiger partial charge in [0, 0.05) is 12.0 Å². The third kappa shape index (κ3) is 4.11. The summed E-state index contributed by atoms with van der Waals surface area (Å²) in [4.78, 5) is 18.9. The van der Waals surface area contributed by atoms with Crippen LogP contribution in [0.2, 0.25) is 0 Å². The fourth-order valence-electron chi connectivity index (χ4n) is 4.91. The number of imidazole rings is 1. The molecule has 5 nitrogen and oxygen atoms in total. The van der Waals surface area contributed by atoms with Crippen molar-refractivity contribution in [2.24, 2.45) is 5.92 Å². The number of hydrogen-bond acceptors (Lipinski definition) is 3. The van der Waals surface area contributed by atoms with E-state index in [9.17, 15) is 4.79 Å². The molecule has 0 spiro atoms. The summed E-state index contributed by atoms with van der Waals surface area (Å²) < 4.78 is 0. The van der Waals surface area contributed by atoms with Gasteiger partial charge < -0.3 is 15.8 Å². The molecule has 5 heteroatoms. The summed E-state index contributed by atoms with van der Waals surface area (Å²) in [7, 11) is 0. The van der Waals surface area contributed by atoms with E-state index in [1.807, 2.05) is 18.2 Å². The van der Waals surface area contributed by atoms with Crippen molar-refractivity contribution in [3.63, 3.8) is 0 Å². The molecule has 0 saturated heterocycles. The van der Waals surface area contributed by atoms with Crippen LogP contribution in [0.25, 0.3) is 33.5 Å². The number of carbonyl (C=O) groups is 1. The van der Waals surface area contributed by atoms with Gasteiger partial charge in [-0.05, 0) is 66.3 Å². The molecule has 3 aromatic carbocycles. The molecule has 0 atom stereocenters. The lowest BCUT2D eigenvalue weighted by atomic mass is 9.77. The highest BCUT2D eigenvalue weighted by atomic mass is 16.4. The molecule has 0 amide bonds. The Labute approximate surface area is 187 Å². The standard InChI is InChI=1S/C27H27N3O2/c28-23-2-1-3-24-26(23)30-27(29-24)22-14-12-21(13-15-22)20-10-8-19(9-11-20)18-6-4-17(5-7-18)16-25(31)32/h1-3,8-15,17-18H,4-7,16,28H2,(H,29,30)(H,31,32). The maximum Gasteiger partial charge on any atom is 0.303 e. The van der Waals surface area contributed by atoms with Crippen molar-refractivity contribution in [2.45, 2.75) is 38.0 Å². The number of aromatic nitrogens is 2. The zero-order chi connectivity index (χ0) is 22.1. The van der Waals surface area contributed by atoms with E-state index in [-0.39, 0.29) is 0 Å². The molecule has 1 fully saturated rings. The van der Waals surface area contributed by atoms with Crippen LogP contribution in [0.3, 0.4) is 0 Å². The van der Waals surface area contributed by atoms with Crippen LogP contribution >= 0.6 is 0 Å². The average molecular weight is 426 g/mol. The first-order valence-electron chi connectivity index (χ1n) is 11.2. The second kappa shape index (κ2) is 8.50.